The lowest BCUT2D eigenvalue weighted by molar-refractivity contribution is 0.0995. The van der Waals surface area contributed by atoms with Crippen molar-refractivity contribution >= 4 is 33.2 Å². The highest BCUT2D eigenvalue weighted by atomic mass is 79.9. The molecule has 5 heteroatoms. The number of furan rings is 1. The number of carbonyl (C=O) groups is 1. The average molecular weight is 321 g/mol. The maximum atomic E-state index is 12.0. The van der Waals surface area contributed by atoms with Crippen molar-refractivity contribution in [2.75, 3.05) is 23.8 Å². The van der Waals surface area contributed by atoms with Gasteiger partial charge in [-0.05, 0) is 52.2 Å². The van der Waals surface area contributed by atoms with Gasteiger partial charge in [-0.2, -0.15) is 0 Å². The highest BCUT2D eigenvalue weighted by Crippen LogP contribution is 2.29. The number of carbonyl (C=O) groups excluding carboxylic acids is 1. The standard InChI is InChI=1S/C14H13BrN2O2/c1-17-7-6-9-2-3-10(8-11(9)17)16-14(18)12-4-5-13(15)19-12/h2-5,8H,6-7H2,1H3,(H,16,18). The molecule has 0 spiro atoms. The van der Waals surface area contributed by atoms with E-state index in [0.29, 0.717) is 10.4 Å². The van der Waals surface area contributed by atoms with E-state index < -0.39 is 0 Å². The molecule has 1 amide bonds. The molecule has 2 heterocycles. The van der Waals surface area contributed by atoms with Crippen molar-refractivity contribution in [3.63, 3.8) is 0 Å². The van der Waals surface area contributed by atoms with Crippen LogP contribution in [0, 0.1) is 0 Å². The van der Waals surface area contributed by atoms with Crippen molar-refractivity contribution in [2.45, 2.75) is 6.42 Å². The lowest BCUT2D eigenvalue weighted by atomic mass is 10.1. The number of benzene rings is 1. The summed E-state index contributed by atoms with van der Waals surface area (Å²) in [7, 11) is 2.06. The molecule has 1 N–H and O–H groups in total. The zero-order chi connectivity index (χ0) is 13.4. The zero-order valence-electron chi connectivity index (χ0n) is 10.4. The number of amides is 1. The minimum absolute atomic E-state index is 0.244. The van der Waals surface area contributed by atoms with E-state index in [1.54, 1.807) is 12.1 Å². The van der Waals surface area contributed by atoms with Gasteiger partial charge in [-0.15, -0.1) is 0 Å². The summed E-state index contributed by atoms with van der Waals surface area (Å²) in [6, 6.07) is 9.32. The first kappa shape index (κ1) is 12.3. The first-order chi connectivity index (χ1) is 9.13. The number of likely N-dealkylation sites (N-methyl/N-ethyl adjacent to an activating group) is 1. The molecule has 0 atom stereocenters. The Morgan fingerprint density at radius 2 is 2.21 bits per heavy atom. The fourth-order valence-electron chi connectivity index (χ4n) is 2.25. The first-order valence-corrected chi connectivity index (χ1v) is 6.83. The van der Waals surface area contributed by atoms with Gasteiger partial charge >= 0.3 is 0 Å². The van der Waals surface area contributed by atoms with Gasteiger partial charge in [0.25, 0.3) is 5.91 Å². The van der Waals surface area contributed by atoms with Crippen LogP contribution in [0.2, 0.25) is 0 Å². The fourth-order valence-corrected chi connectivity index (χ4v) is 2.55. The highest BCUT2D eigenvalue weighted by Gasteiger charge is 2.17. The number of rotatable bonds is 2. The summed E-state index contributed by atoms with van der Waals surface area (Å²) >= 11 is 3.18. The van der Waals surface area contributed by atoms with Gasteiger partial charge < -0.3 is 14.6 Å². The van der Waals surface area contributed by atoms with Gasteiger partial charge in [0, 0.05) is 25.0 Å². The van der Waals surface area contributed by atoms with Gasteiger partial charge in [0.05, 0.1) is 0 Å². The molecule has 0 saturated carbocycles. The Kier molecular flexibility index (Phi) is 3.06. The molecule has 1 aliphatic heterocycles. The van der Waals surface area contributed by atoms with Crippen molar-refractivity contribution in [3.05, 3.63) is 46.3 Å². The van der Waals surface area contributed by atoms with Gasteiger partial charge in [0.1, 0.15) is 0 Å². The van der Waals surface area contributed by atoms with E-state index in [-0.39, 0.29) is 5.91 Å². The molecular formula is C14H13BrN2O2. The smallest absolute Gasteiger partial charge is 0.291 e. The topological polar surface area (TPSA) is 45.5 Å². The molecule has 1 aromatic heterocycles. The summed E-state index contributed by atoms with van der Waals surface area (Å²) in [5.74, 6) is 0.0482. The normalized spacial score (nSPS) is 13.5. The second-order valence-electron chi connectivity index (χ2n) is 4.57. The van der Waals surface area contributed by atoms with Crippen LogP contribution < -0.4 is 10.2 Å². The minimum Gasteiger partial charge on any atom is -0.444 e. The molecule has 1 aliphatic rings. The number of halogens is 1. The Morgan fingerprint density at radius 1 is 1.37 bits per heavy atom. The Hall–Kier alpha value is -1.75. The molecule has 0 aliphatic carbocycles. The van der Waals surface area contributed by atoms with Crippen LogP contribution in [0.4, 0.5) is 11.4 Å². The Balaban J connectivity index is 1.81. The van der Waals surface area contributed by atoms with E-state index >= 15 is 0 Å². The number of hydrogen-bond acceptors (Lipinski definition) is 3. The largest absolute Gasteiger partial charge is 0.444 e. The summed E-state index contributed by atoms with van der Waals surface area (Å²) in [4.78, 5) is 14.2. The maximum absolute atomic E-state index is 12.0. The summed E-state index contributed by atoms with van der Waals surface area (Å²) < 4.78 is 5.77. The van der Waals surface area contributed by atoms with Crippen LogP contribution in [-0.2, 0) is 6.42 Å². The van der Waals surface area contributed by atoms with Crippen molar-refractivity contribution < 1.29 is 9.21 Å². The second-order valence-corrected chi connectivity index (χ2v) is 5.35. The van der Waals surface area contributed by atoms with Crippen LogP contribution in [0.3, 0.4) is 0 Å². The SMILES string of the molecule is CN1CCc2ccc(NC(=O)c3ccc(Br)o3)cc21. The molecule has 0 radical (unpaired) electrons. The molecule has 2 aromatic rings. The summed E-state index contributed by atoms with van der Waals surface area (Å²) in [5.41, 5.74) is 3.28. The molecule has 3 rings (SSSR count). The molecule has 0 fully saturated rings. The number of nitrogens with zero attached hydrogens (tertiary/aromatic N) is 1. The molecule has 19 heavy (non-hydrogen) atoms. The van der Waals surface area contributed by atoms with E-state index in [9.17, 15) is 4.79 Å². The van der Waals surface area contributed by atoms with E-state index in [2.05, 4.69) is 39.3 Å². The monoisotopic (exact) mass is 320 g/mol. The third-order valence-electron chi connectivity index (χ3n) is 3.27. The Morgan fingerprint density at radius 3 is 2.95 bits per heavy atom. The number of hydrogen-bond donors (Lipinski definition) is 1. The third-order valence-corrected chi connectivity index (χ3v) is 3.69. The lowest BCUT2D eigenvalue weighted by Gasteiger charge is -2.13. The van der Waals surface area contributed by atoms with Gasteiger partial charge in [-0.1, -0.05) is 6.07 Å². The fraction of sp³-hybridized carbons (Fsp3) is 0.214. The predicted molar refractivity (Wildman–Crippen MR) is 77.8 cm³/mol. The minimum atomic E-state index is -0.244. The molecule has 1 aromatic carbocycles. The molecule has 0 saturated heterocycles. The predicted octanol–water partition coefficient (Wildman–Crippen LogP) is 3.29. The van der Waals surface area contributed by atoms with Crippen LogP contribution in [0.25, 0.3) is 0 Å². The highest BCUT2D eigenvalue weighted by molar-refractivity contribution is 9.10. The van der Waals surface area contributed by atoms with E-state index in [1.807, 2.05) is 12.1 Å². The maximum Gasteiger partial charge on any atom is 0.291 e. The van der Waals surface area contributed by atoms with Crippen molar-refractivity contribution in [1.82, 2.24) is 0 Å². The molecular weight excluding hydrogens is 308 g/mol. The van der Waals surface area contributed by atoms with Crippen LogP contribution in [0.15, 0.2) is 39.4 Å². The number of anilines is 2. The summed E-state index contributed by atoms with van der Waals surface area (Å²) in [6.45, 7) is 1.03. The Bertz CT molecular complexity index is 636. The van der Waals surface area contributed by atoms with Gasteiger partial charge in [0.15, 0.2) is 10.4 Å². The summed E-state index contributed by atoms with van der Waals surface area (Å²) in [6.07, 6.45) is 1.06. The van der Waals surface area contributed by atoms with Crippen LogP contribution in [-0.4, -0.2) is 19.5 Å². The van der Waals surface area contributed by atoms with Crippen LogP contribution in [0.1, 0.15) is 16.1 Å². The van der Waals surface area contributed by atoms with E-state index in [1.165, 1.54) is 11.3 Å². The molecule has 0 unspecified atom stereocenters. The van der Waals surface area contributed by atoms with Gasteiger partial charge in [0.2, 0.25) is 0 Å². The quantitative estimate of drug-likeness (QED) is 0.923. The van der Waals surface area contributed by atoms with Gasteiger partial charge in [-0.3, -0.25) is 4.79 Å². The van der Waals surface area contributed by atoms with Crippen molar-refractivity contribution in [2.24, 2.45) is 0 Å². The van der Waals surface area contributed by atoms with Crippen LogP contribution in [0.5, 0.6) is 0 Å². The molecule has 0 bridgehead atoms. The number of nitrogens with one attached hydrogen (secondary N) is 1. The first-order valence-electron chi connectivity index (χ1n) is 6.04. The van der Waals surface area contributed by atoms with E-state index in [4.69, 9.17) is 4.42 Å². The van der Waals surface area contributed by atoms with Crippen molar-refractivity contribution in [3.8, 4) is 0 Å². The van der Waals surface area contributed by atoms with Crippen LogP contribution >= 0.6 is 15.9 Å². The van der Waals surface area contributed by atoms with Crippen molar-refractivity contribution in [1.29, 1.82) is 0 Å². The molecule has 4 nitrogen and oxygen atoms in total. The molecule has 98 valence electrons. The lowest BCUT2D eigenvalue weighted by Crippen LogP contribution is -2.14. The number of fused-ring (bicyclic) bond motifs is 1. The van der Waals surface area contributed by atoms with Gasteiger partial charge in [-0.25, -0.2) is 0 Å². The average Bonchev–Trinajstić information content (AvgIpc) is 2.97. The third kappa shape index (κ3) is 2.38. The summed E-state index contributed by atoms with van der Waals surface area (Å²) in [5, 5.41) is 2.84. The zero-order valence-corrected chi connectivity index (χ0v) is 12.0. The van der Waals surface area contributed by atoms with E-state index in [0.717, 1.165) is 18.7 Å². The second kappa shape index (κ2) is 4.74. The Labute approximate surface area is 119 Å².